The molecule has 1 atom stereocenters. The number of ether oxygens (including phenoxy) is 1. The van der Waals surface area contributed by atoms with E-state index in [1.807, 2.05) is 0 Å². The van der Waals surface area contributed by atoms with E-state index in [0.717, 1.165) is 38.9 Å². The van der Waals surface area contributed by atoms with Crippen molar-refractivity contribution in [3.05, 3.63) is 11.6 Å². The van der Waals surface area contributed by atoms with Crippen molar-refractivity contribution in [3.63, 3.8) is 0 Å². The predicted octanol–water partition coefficient (Wildman–Crippen LogP) is 4.57. The van der Waals surface area contributed by atoms with Crippen LogP contribution < -0.4 is 0 Å². The lowest BCUT2D eigenvalue weighted by Gasteiger charge is -2.06. The first-order chi connectivity index (χ1) is 8.58. The molecule has 2 nitrogen and oxygen atoms in total. The molecule has 0 aromatic heterocycles. The van der Waals surface area contributed by atoms with Gasteiger partial charge in [0.1, 0.15) is 0 Å². The zero-order valence-electron chi connectivity index (χ0n) is 13.2. The van der Waals surface area contributed by atoms with E-state index in [1.165, 1.54) is 12.0 Å². The van der Waals surface area contributed by atoms with E-state index in [-0.39, 0.29) is 0 Å². The predicted molar refractivity (Wildman–Crippen MR) is 80.9 cm³/mol. The molecule has 18 heavy (non-hydrogen) atoms. The average Bonchev–Trinajstić information content (AvgIpc) is 2.30. The Kier molecular flexibility index (Phi) is 18.5. The van der Waals surface area contributed by atoms with Crippen LogP contribution in [0, 0.1) is 5.92 Å². The lowest BCUT2D eigenvalue weighted by Crippen LogP contribution is -1.96. The van der Waals surface area contributed by atoms with Crippen molar-refractivity contribution in [1.82, 2.24) is 0 Å². The fourth-order valence-corrected chi connectivity index (χ4v) is 1.41. The molecule has 0 amide bonds. The van der Waals surface area contributed by atoms with E-state index in [9.17, 15) is 0 Å². The van der Waals surface area contributed by atoms with E-state index < -0.39 is 0 Å². The Balaban J connectivity index is 0. The van der Waals surface area contributed by atoms with Gasteiger partial charge in [0, 0.05) is 19.8 Å². The van der Waals surface area contributed by atoms with Gasteiger partial charge in [-0.2, -0.15) is 0 Å². The van der Waals surface area contributed by atoms with Crippen molar-refractivity contribution in [1.29, 1.82) is 0 Å². The van der Waals surface area contributed by atoms with E-state index in [4.69, 9.17) is 9.84 Å². The Morgan fingerprint density at radius 2 is 1.67 bits per heavy atom. The molecule has 0 aliphatic heterocycles. The Bertz CT molecular complexity index is 168. The third kappa shape index (κ3) is 21.0. The second kappa shape index (κ2) is 16.7. The molecule has 2 heteroatoms. The summed E-state index contributed by atoms with van der Waals surface area (Å²) in [5, 5.41) is 8.63. The molecule has 0 aliphatic rings. The molecule has 0 aliphatic carbocycles. The van der Waals surface area contributed by atoms with Crippen LogP contribution in [0.25, 0.3) is 0 Å². The summed E-state index contributed by atoms with van der Waals surface area (Å²) in [6.07, 6.45) is 7.83. The first kappa shape index (κ1) is 20.0. The summed E-state index contributed by atoms with van der Waals surface area (Å²) >= 11 is 0. The maximum atomic E-state index is 8.63. The van der Waals surface area contributed by atoms with Crippen LogP contribution >= 0.6 is 0 Å². The van der Waals surface area contributed by atoms with Gasteiger partial charge in [0.05, 0.1) is 0 Å². The van der Waals surface area contributed by atoms with Crippen molar-refractivity contribution < 1.29 is 9.84 Å². The molecule has 0 aromatic carbocycles. The number of hydrogen-bond donors (Lipinski definition) is 1. The summed E-state index contributed by atoms with van der Waals surface area (Å²) in [5.41, 5.74) is 1.39. The van der Waals surface area contributed by atoms with Crippen LogP contribution in [-0.4, -0.2) is 24.9 Å². The summed E-state index contributed by atoms with van der Waals surface area (Å²) in [7, 11) is 0. The molecule has 0 bridgehead atoms. The van der Waals surface area contributed by atoms with Crippen LogP contribution in [0.4, 0.5) is 0 Å². The highest BCUT2D eigenvalue weighted by Gasteiger charge is 1.98. The summed E-state index contributed by atoms with van der Waals surface area (Å²) in [6, 6.07) is 0. The molecule has 1 N–H and O–H groups in total. The molecule has 1 unspecified atom stereocenters. The Morgan fingerprint density at radius 1 is 1.11 bits per heavy atom. The second-order valence-electron chi connectivity index (χ2n) is 5.09. The van der Waals surface area contributed by atoms with Crippen LogP contribution in [0.3, 0.4) is 0 Å². The number of hydrogen-bond acceptors (Lipinski definition) is 2. The van der Waals surface area contributed by atoms with Crippen molar-refractivity contribution in [2.24, 2.45) is 5.92 Å². The van der Waals surface area contributed by atoms with Gasteiger partial charge < -0.3 is 9.84 Å². The maximum absolute atomic E-state index is 8.63. The summed E-state index contributed by atoms with van der Waals surface area (Å²) in [5.74, 6) is 0.663. The van der Waals surface area contributed by atoms with Crippen LogP contribution in [0.15, 0.2) is 11.6 Å². The van der Waals surface area contributed by atoms with Crippen molar-refractivity contribution in [2.45, 2.75) is 66.7 Å². The fraction of sp³-hybridized carbons (Fsp3) is 0.875. The molecule has 0 saturated carbocycles. The quantitative estimate of drug-likeness (QED) is 0.485. The van der Waals surface area contributed by atoms with Gasteiger partial charge in [0.25, 0.3) is 0 Å². The minimum atomic E-state index is 0.329. The first-order valence-electron chi connectivity index (χ1n) is 7.40. The molecule has 0 radical (unpaired) electrons. The van der Waals surface area contributed by atoms with Gasteiger partial charge >= 0.3 is 0 Å². The Morgan fingerprint density at radius 3 is 2.06 bits per heavy atom. The third-order valence-corrected chi connectivity index (χ3v) is 2.53. The fourth-order valence-electron chi connectivity index (χ4n) is 1.41. The zero-order valence-corrected chi connectivity index (χ0v) is 13.2. The molecule has 0 aromatic rings. The van der Waals surface area contributed by atoms with Crippen LogP contribution in [-0.2, 0) is 4.74 Å². The van der Waals surface area contributed by atoms with Gasteiger partial charge in [0.15, 0.2) is 0 Å². The van der Waals surface area contributed by atoms with Crippen molar-refractivity contribution >= 4 is 0 Å². The van der Waals surface area contributed by atoms with Crippen LogP contribution in [0.1, 0.15) is 66.7 Å². The lowest BCUT2D eigenvalue weighted by molar-refractivity contribution is 0.135. The van der Waals surface area contributed by atoms with Crippen molar-refractivity contribution in [2.75, 3.05) is 19.8 Å². The van der Waals surface area contributed by atoms with Gasteiger partial charge in [-0.1, -0.05) is 32.4 Å². The van der Waals surface area contributed by atoms with Gasteiger partial charge in [0.2, 0.25) is 0 Å². The normalized spacial score (nSPS) is 11.4. The number of rotatable bonds is 9. The average molecular weight is 258 g/mol. The minimum Gasteiger partial charge on any atom is -0.396 e. The number of aliphatic hydroxyl groups excluding tert-OH is 1. The molecule has 0 heterocycles. The van der Waals surface area contributed by atoms with Crippen LogP contribution in [0.5, 0.6) is 0 Å². The highest BCUT2D eigenvalue weighted by Crippen LogP contribution is 2.10. The van der Waals surface area contributed by atoms with Gasteiger partial charge in [-0.15, -0.1) is 0 Å². The number of aliphatic hydroxyl groups is 1. The SMILES string of the molecule is CC(C)=CCCC(C)CCO.CCCOCCC. The maximum Gasteiger partial charge on any atom is 0.0463 e. The first-order valence-corrected chi connectivity index (χ1v) is 7.40. The third-order valence-electron chi connectivity index (χ3n) is 2.53. The smallest absolute Gasteiger partial charge is 0.0463 e. The molecule has 0 spiro atoms. The molecular formula is C16H34O2. The van der Waals surface area contributed by atoms with Crippen molar-refractivity contribution in [3.8, 4) is 0 Å². The molecule has 0 fully saturated rings. The minimum absolute atomic E-state index is 0.329. The monoisotopic (exact) mass is 258 g/mol. The van der Waals surface area contributed by atoms with E-state index in [2.05, 4.69) is 40.7 Å². The van der Waals surface area contributed by atoms with E-state index >= 15 is 0 Å². The molecular weight excluding hydrogens is 224 g/mol. The Labute approximate surface area is 114 Å². The highest BCUT2D eigenvalue weighted by atomic mass is 16.5. The van der Waals surface area contributed by atoms with E-state index in [1.54, 1.807) is 0 Å². The van der Waals surface area contributed by atoms with Gasteiger partial charge in [-0.3, -0.25) is 0 Å². The summed E-state index contributed by atoms with van der Waals surface area (Å²) in [6.45, 7) is 12.9. The zero-order chi connectivity index (χ0) is 14.2. The molecule has 0 saturated heterocycles. The second-order valence-corrected chi connectivity index (χ2v) is 5.09. The van der Waals surface area contributed by atoms with Gasteiger partial charge in [-0.25, -0.2) is 0 Å². The molecule has 0 rings (SSSR count). The number of allylic oxidation sites excluding steroid dienone is 2. The van der Waals surface area contributed by atoms with E-state index in [0.29, 0.717) is 12.5 Å². The van der Waals surface area contributed by atoms with Crippen LogP contribution in [0.2, 0.25) is 0 Å². The standard InChI is InChI=1S/C10H20O.C6H14O/c1-9(2)5-4-6-10(3)7-8-11;1-3-5-7-6-4-2/h5,10-11H,4,6-8H2,1-3H3;3-6H2,1-2H3. The summed E-state index contributed by atoms with van der Waals surface area (Å²) < 4.78 is 5.13. The highest BCUT2D eigenvalue weighted by molar-refractivity contribution is 4.92. The largest absolute Gasteiger partial charge is 0.396 e. The summed E-state index contributed by atoms with van der Waals surface area (Å²) in [4.78, 5) is 0. The topological polar surface area (TPSA) is 29.5 Å². The molecule has 110 valence electrons. The van der Waals surface area contributed by atoms with Gasteiger partial charge in [-0.05, 0) is 51.9 Å². The Hall–Kier alpha value is -0.340. The lowest BCUT2D eigenvalue weighted by atomic mass is 10.0.